The number of hydrogen-bond acceptors (Lipinski definition) is 3. The highest BCUT2D eigenvalue weighted by molar-refractivity contribution is 5.84. The van der Waals surface area contributed by atoms with Crippen molar-refractivity contribution in [1.82, 2.24) is 4.98 Å². The average molecular weight is 296 g/mol. The fraction of sp³-hybridized carbons (Fsp3) is 0.222. The second-order valence-corrected chi connectivity index (χ2v) is 5.32. The smallest absolute Gasteiger partial charge is 0.201 e. The summed E-state index contributed by atoms with van der Waals surface area (Å²) in [4.78, 5) is 3.22. The van der Waals surface area contributed by atoms with Crippen molar-refractivity contribution in [3.8, 4) is 5.75 Å². The first-order valence-corrected chi connectivity index (χ1v) is 7.45. The van der Waals surface area contributed by atoms with Crippen molar-refractivity contribution in [2.45, 2.75) is 19.1 Å². The first-order valence-electron chi connectivity index (χ1n) is 7.45. The average Bonchev–Trinajstić information content (AvgIpc) is 2.91. The predicted octanol–water partition coefficient (Wildman–Crippen LogP) is 2.61. The fourth-order valence-corrected chi connectivity index (χ4v) is 2.61. The molecule has 1 atom stereocenters. The zero-order chi connectivity index (χ0) is 15.4. The van der Waals surface area contributed by atoms with Gasteiger partial charge < -0.3 is 20.6 Å². The van der Waals surface area contributed by atoms with Crippen molar-refractivity contribution in [2.24, 2.45) is 5.73 Å². The van der Waals surface area contributed by atoms with Crippen LogP contribution < -0.4 is 10.5 Å². The maximum absolute atomic E-state index is 10.1. The summed E-state index contributed by atoms with van der Waals surface area (Å²) in [5, 5.41) is 11.2. The van der Waals surface area contributed by atoms with Gasteiger partial charge in [-0.15, -0.1) is 0 Å². The second-order valence-electron chi connectivity index (χ2n) is 5.32. The van der Waals surface area contributed by atoms with E-state index in [0.29, 0.717) is 18.7 Å². The van der Waals surface area contributed by atoms with E-state index in [1.165, 1.54) is 5.56 Å². The number of aromatic nitrogens is 1. The van der Waals surface area contributed by atoms with E-state index in [2.05, 4.69) is 4.98 Å². The molecule has 0 amide bonds. The normalized spacial score (nSPS) is 12.5. The van der Waals surface area contributed by atoms with Crippen LogP contribution >= 0.6 is 0 Å². The minimum atomic E-state index is -0.864. The monoisotopic (exact) mass is 296 g/mol. The van der Waals surface area contributed by atoms with Crippen molar-refractivity contribution in [1.29, 1.82) is 0 Å². The molecule has 0 aliphatic carbocycles. The van der Waals surface area contributed by atoms with Crippen LogP contribution in [0.1, 0.15) is 11.1 Å². The highest BCUT2D eigenvalue weighted by atomic mass is 16.6. The number of aliphatic hydroxyl groups excluding tert-OH is 1. The van der Waals surface area contributed by atoms with E-state index in [1.54, 1.807) is 0 Å². The van der Waals surface area contributed by atoms with Gasteiger partial charge in [-0.1, -0.05) is 30.3 Å². The topological polar surface area (TPSA) is 71.3 Å². The standard InChI is InChI=1S/C18H20N2O2/c19-9-8-14-12-20-17-7-6-15(11-16(14)17)22-18(21)10-13-4-2-1-3-5-13/h1-7,11-12,18,20-21H,8-10,19H2. The third-order valence-corrected chi connectivity index (χ3v) is 3.68. The molecule has 3 aromatic rings. The molecule has 0 spiro atoms. The number of fused-ring (bicyclic) bond motifs is 1. The second kappa shape index (κ2) is 6.64. The van der Waals surface area contributed by atoms with Gasteiger partial charge in [0.15, 0.2) is 0 Å². The van der Waals surface area contributed by atoms with Crippen molar-refractivity contribution < 1.29 is 9.84 Å². The predicted molar refractivity (Wildman–Crippen MR) is 87.8 cm³/mol. The molecule has 114 valence electrons. The van der Waals surface area contributed by atoms with Gasteiger partial charge in [-0.25, -0.2) is 0 Å². The van der Waals surface area contributed by atoms with Crippen LogP contribution in [0.15, 0.2) is 54.7 Å². The van der Waals surface area contributed by atoms with Gasteiger partial charge in [0.25, 0.3) is 0 Å². The van der Waals surface area contributed by atoms with E-state index in [9.17, 15) is 5.11 Å². The van der Waals surface area contributed by atoms with Gasteiger partial charge in [-0.2, -0.15) is 0 Å². The van der Waals surface area contributed by atoms with Crippen LogP contribution in [-0.2, 0) is 12.8 Å². The molecule has 1 unspecified atom stereocenters. The molecule has 0 saturated heterocycles. The molecule has 2 aromatic carbocycles. The summed E-state index contributed by atoms with van der Waals surface area (Å²) in [6.07, 6.45) is 2.39. The SMILES string of the molecule is NCCc1c[nH]c2ccc(OC(O)Cc3ccccc3)cc12. The molecule has 4 nitrogen and oxygen atoms in total. The number of benzene rings is 2. The summed E-state index contributed by atoms with van der Waals surface area (Å²) in [5.41, 5.74) is 8.89. The highest BCUT2D eigenvalue weighted by Gasteiger charge is 2.09. The Morgan fingerprint density at radius 1 is 1.14 bits per heavy atom. The van der Waals surface area contributed by atoms with Crippen LogP contribution in [0.25, 0.3) is 10.9 Å². The van der Waals surface area contributed by atoms with E-state index in [0.717, 1.165) is 22.9 Å². The van der Waals surface area contributed by atoms with Crippen LogP contribution in [0.4, 0.5) is 0 Å². The Morgan fingerprint density at radius 3 is 2.73 bits per heavy atom. The Bertz CT molecular complexity index is 737. The molecule has 3 rings (SSSR count). The van der Waals surface area contributed by atoms with Gasteiger partial charge in [0.2, 0.25) is 6.29 Å². The van der Waals surface area contributed by atoms with Gasteiger partial charge in [0.1, 0.15) is 5.75 Å². The summed E-state index contributed by atoms with van der Waals surface area (Å²) < 4.78 is 5.64. The fourth-order valence-electron chi connectivity index (χ4n) is 2.61. The van der Waals surface area contributed by atoms with E-state index in [4.69, 9.17) is 10.5 Å². The maximum Gasteiger partial charge on any atom is 0.201 e. The first-order chi connectivity index (χ1) is 10.8. The molecule has 22 heavy (non-hydrogen) atoms. The minimum Gasteiger partial charge on any atom is -0.465 e. The lowest BCUT2D eigenvalue weighted by Crippen LogP contribution is -2.18. The summed E-state index contributed by atoms with van der Waals surface area (Å²) in [6, 6.07) is 15.6. The first kappa shape index (κ1) is 14.6. The van der Waals surface area contributed by atoms with Crippen molar-refractivity contribution in [3.63, 3.8) is 0 Å². The third-order valence-electron chi connectivity index (χ3n) is 3.68. The number of H-pyrrole nitrogens is 1. The van der Waals surface area contributed by atoms with Crippen LogP contribution in [0, 0.1) is 0 Å². The Hall–Kier alpha value is -2.30. The third kappa shape index (κ3) is 3.30. The summed E-state index contributed by atoms with van der Waals surface area (Å²) >= 11 is 0. The number of hydrogen-bond donors (Lipinski definition) is 3. The van der Waals surface area contributed by atoms with E-state index in [1.807, 2.05) is 54.7 Å². The largest absolute Gasteiger partial charge is 0.465 e. The van der Waals surface area contributed by atoms with Crippen LogP contribution in [0.3, 0.4) is 0 Å². The molecule has 0 fully saturated rings. The van der Waals surface area contributed by atoms with Gasteiger partial charge in [-0.05, 0) is 42.3 Å². The number of rotatable bonds is 6. The van der Waals surface area contributed by atoms with Gasteiger partial charge in [-0.3, -0.25) is 0 Å². The Balaban J connectivity index is 1.74. The van der Waals surface area contributed by atoms with Crippen LogP contribution in [0.5, 0.6) is 5.75 Å². The summed E-state index contributed by atoms with van der Waals surface area (Å²) in [6.45, 7) is 0.606. The number of aliphatic hydroxyl groups is 1. The lowest BCUT2D eigenvalue weighted by molar-refractivity contribution is -0.0157. The maximum atomic E-state index is 10.1. The molecule has 1 heterocycles. The summed E-state index contributed by atoms with van der Waals surface area (Å²) in [7, 11) is 0. The number of nitrogens with one attached hydrogen (secondary N) is 1. The zero-order valence-electron chi connectivity index (χ0n) is 12.3. The van der Waals surface area contributed by atoms with E-state index >= 15 is 0 Å². The van der Waals surface area contributed by atoms with Gasteiger partial charge in [0, 0.05) is 23.5 Å². The molecule has 1 aromatic heterocycles. The molecular formula is C18H20N2O2. The molecular weight excluding hydrogens is 276 g/mol. The Kier molecular flexibility index (Phi) is 4.42. The molecule has 4 N–H and O–H groups in total. The van der Waals surface area contributed by atoms with Crippen molar-refractivity contribution >= 4 is 10.9 Å². The molecule has 0 aliphatic rings. The molecule has 0 aliphatic heterocycles. The lowest BCUT2D eigenvalue weighted by atomic mass is 10.1. The quantitative estimate of drug-likeness (QED) is 0.612. The summed E-state index contributed by atoms with van der Waals surface area (Å²) in [5.74, 6) is 0.661. The van der Waals surface area contributed by atoms with Crippen molar-refractivity contribution in [2.75, 3.05) is 6.54 Å². The highest BCUT2D eigenvalue weighted by Crippen LogP contribution is 2.24. The van der Waals surface area contributed by atoms with Gasteiger partial charge >= 0.3 is 0 Å². The molecule has 0 bridgehead atoms. The van der Waals surface area contributed by atoms with Crippen LogP contribution in [0.2, 0.25) is 0 Å². The number of aromatic amines is 1. The van der Waals surface area contributed by atoms with Crippen molar-refractivity contribution in [3.05, 3.63) is 65.9 Å². The Morgan fingerprint density at radius 2 is 1.95 bits per heavy atom. The van der Waals surface area contributed by atoms with Crippen LogP contribution in [-0.4, -0.2) is 22.9 Å². The molecule has 0 radical (unpaired) electrons. The zero-order valence-corrected chi connectivity index (χ0v) is 12.3. The lowest BCUT2D eigenvalue weighted by Gasteiger charge is -2.14. The van der Waals surface area contributed by atoms with E-state index in [-0.39, 0.29) is 0 Å². The van der Waals surface area contributed by atoms with Gasteiger partial charge in [0.05, 0.1) is 0 Å². The minimum absolute atomic E-state index is 0.460. The molecule has 0 saturated carbocycles. The van der Waals surface area contributed by atoms with E-state index < -0.39 is 6.29 Å². The number of nitrogens with two attached hydrogens (primary N) is 1. The Labute approximate surface area is 129 Å². The number of ether oxygens (including phenoxy) is 1. The molecule has 4 heteroatoms.